The Labute approximate surface area is 167 Å². The van der Waals surface area contributed by atoms with Crippen LogP contribution in [0.15, 0.2) is 42.5 Å². The van der Waals surface area contributed by atoms with Crippen LogP contribution in [0.2, 0.25) is 5.02 Å². The zero-order valence-electron chi connectivity index (χ0n) is 15.4. The Morgan fingerprint density at radius 2 is 1.86 bits per heavy atom. The maximum atomic E-state index is 13.0. The topological polar surface area (TPSA) is 78.5 Å². The number of rotatable bonds is 4. The third-order valence-electron chi connectivity index (χ3n) is 5.38. The maximum Gasteiger partial charge on any atom is 0.325 e. The van der Waals surface area contributed by atoms with E-state index in [0.717, 1.165) is 29.7 Å². The van der Waals surface area contributed by atoms with Crippen LogP contribution in [0.1, 0.15) is 30.0 Å². The lowest BCUT2D eigenvalue weighted by molar-refractivity contribution is -0.133. The average Bonchev–Trinajstić information content (AvgIpc) is 3.22. The molecule has 0 bridgehead atoms. The maximum absolute atomic E-state index is 13.0. The van der Waals surface area contributed by atoms with Gasteiger partial charge in [-0.05, 0) is 67.1 Å². The number of urea groups is 1. The van der Waals surface area contributed by atoms with Gasteiger partial charge in [-0.25, -0.2) is 4.79 Å². The molecule has 0 radical (unpaired) electrons. The predicted octanol–water partition coefficient (Wildman–Crippen LogP) is 3.23. The number of halogens is 1. The fourth-order valence-electron chi connectivity index (χ4n) is 3.80. The summed E-state index contributed by atoms with van der Waals surface area (Å²) in [6.45, 7) is 1.33. The lowest BCUT2D eigenvalue weighted by Gasteiger charge is -2.23. The van der Waals surface area contributed by atoms with E-state index in [-0.39, 0.29) is 6.54 Å². The van der Waals surface area contributed by atoms with Gasteiger partial charge in [0.05, 0.1) is 0 Å². The molecule has 1 atom stereocenters. The first-order valence-corrected chi connectivity index (χ1v) is 9.56. The normalized spacial score (nSPS) is 20.9. The van der Waals surface area contributed by atoms with Crippen molar-refractivity contribution in [1.29, 1.82) is 0 Å². The Bertz CT molecular complexity index is 973. The van der Waals surface area contributed by atoms with Gasteiger partial charge in [-0.1, -0.05) is 29.8 Å². The number of carbonyl (C=O) groups is 3. The van der Waals surface area contributed by atoms with Gasteiger partial charge in [-0.15, -0.1) is 0 Å². The fraction of sp³-hybridized carbons (Fsp3) is 0.286. The Kier molecular flexibility index (Phi) is 4.59. The van der Waals surface area contributed by atoms with Crippen molar-refractivity contribution in [3.05, 3.63) is 64.2 Å². The second kappa shape index (κ2) is 6.95. The molecule has 1 heterocycles. The Morgan fingerprint density at radius 1 is 1.14 bits per heavy atom. The number of carbonyl (C=O) groups excluding carboxylic acids is 3. The first kappa shape index (κ1) is 18.5. The summed E-state index contributed by atoms with van der Waals surface area (Å²) in [4.78, 5) is 38.7. The number of hydrogen-bond acceptors (Lipinski definition) is 3. The lowest BCUT2D eigenvalue weighted by atomic mass is 9.89. The molecule has 0 spiro atoms. The molecule has 28 heavy (non-hydrogen) atoms. The van der Waals surface area contributed by atoms with Gasteiger partial charge in [0.2, 0.25) is 5.91 Å². The number of anilines is 1. The van der Waals surface area contributed by atoms with Crippen LogP contribution in [-0.2, 0) is 28.0 Å². The van der Waals surface area contributed by atoms with Crippen molar-refractivity contribution in [2.75, 3.05) is 11.9 Å². The number of amides is 4. The molecule has 2 N–H and O–H groups in total. The second-order valence-corrected chi connectivity index (χ2v) is 7.77. The molecule has 4 amide bonds. The molecule has 2 aromatic carbocycles. The van der Waals surface area contributed by atoms with Crippen LogP contribution in [0.5, 0.6) is 0 Å². The Morgan fingerprint density at radius 3 is 2.61 bits per heavy atom. The van der Waals surface area contributed by atoms with Crippen molar-refractivity contribution < 1.29 is 14.4 Å². The molecule has 2 aliphatic rings. The highest BCUT2D eigenvalue weighted by Gasteiger charge is 2.49. The number of benzene rings is 2. The van der Waals surface area contributed by atoms with Crippen LogP contribution in [0.3, 0.4) is 0 Å². The van der Waals surface area contributed by atoms with Crippen molar-refractivity contribution in [2.45, 2.75) is 31.7 Å². The lowest BCUT2D eigenvalue weighted by Crippen LogP contribution is -2.42. The minimum absolute atomic E-state index is 0.353. The fourth-order valence-corrected chi connectivity index (χ4v) is 3.92. The number of aryl methyl sites for hydroxylation is 2. The summed E-state index contributed by atoms with van der Waals surface area (Å²) in [5.74, 6) is -0.884. The van der Waals surface area contributed by atoms with Gasteiger partial charge < -0.3 is 10.6 Å². The third kappa shape index (κ3) is 3.24. The van der Waals surface area contributed by atoms with Crippen LogP contribution in [0, 0.1) is 0 Å². The van der Waals surface area contributed by atoms with Gasteiger partial charge in [0.25, 0.3) is 5.91 Å². The van der Waals surface area contributed by atoms with Gasteiger partial charge >= 0.3 is 6.03 Å². The molecule has 1 saturated heterocycles. The van der Waals surface area contributed by atoms with Crippen molar-refractivity contribution in [3.8, 4) is 0 Å². The largest absolute Gasteiger partial charge is 0.325 e. The highest BCUT2D eigenvalue weighted by Crippen LogP contribution is 2.32. The molecule has 1 aliphatic heterocycles. The minimum Gasteiger partial charge on any atom is -0.325 e. The summed E-state index contributed by atoms with van der Waals surface area (Å²) in [5.41, 5.74) is 2.63. The first-order chi connectivity index (χ1) is 13.4. The number of nitrogens with zero attached hydrogens (tertiary/aromatic N) is 1. The van der Waals surface area contributed by atoms with Crippen LogP contribution >= 0.6 is 11.6 Å². The van der Waals surface area contributed by atoms with Crippen LogP contribution in [0.4, 0.5) is 10.5 Å². The highest BCUT2D eigenvalue weighted by atomic mass is 35.5. The average molecular weight is 398 g/mol. The Hall–Kier alpha value is -2.86. The van der Waals surface area contributed by atoms with Gasteiger partial charge in [0.1, 0.15) is 12.1 Å². The second-order valence-electron chi connectivity index (χ2n) is 7.34. The number of nitrogens with one attached hydrogen (secondary N) is 2. The quantitative estimate of drug-likeness (QED) is 0.777. The molecule has 1 fully saturated rings. The van der Waals surface area contributed by atoms with Gasteiger partial charge in [-0.2, -0.15) is 0 Å². The monoisotopic (exact) mass is 397 g/mol. The summed E-state index contributed by atoms with van der Waals surface area (Å²) >= 11 is 5.83. The van der Waals surface area contributed by atoms with E-state index in [1.165, 1.54) is 11.1 Å². The number of fused-ring (bicyclic) bond motifs is 1. The molecular weight excluding hydrogens is 378 g/mol. The van der Waals surface area contributed by atoms with E-state index < -0.39 is 23.4 Å². The third-order valence-corrected chi connectivity index (χ3v) is 5.63. The molecule has 144 valence electrons. The summed E-state index contributed by atoms with van der Waals surface area (Å²) in [7, 11) is 0. The molecule has 4 rings (SSSR count). The van der Waals surface area contributed by atoms with Gasteiger partial charge in [-0.3, -0.25) is 14.5 Å². The van der Waals surface area contributed by atoms with E-state index in [0.29, 0.717) is 10.7 Å². The van der Waals surface area contributed by atoms with Crippen molar-refractivity contribution in [3.63, 3.8) is 0 Å². The van der Waals surface area contributed by atoms with E-state index in [4.69, 9.17) is 11.6 Å². The standard InChI is InChI=1S/C21H20ClN3O3/c1-21(15-6-5-13-3-2-4-14(13)11-15)19(27)25(20(28)24-21)12-18(26)23-17-9-7-16(22)8-10-17/h5-11H,2-4,12H2,1H3,(H,23,26)(H,24,28). The van der Waals surface area contributed by atoms with E-state index in [9.17, 15) is 14.4 Å². The number of hydrogen-bond donors (Lipinski definition) is 2. The molecule has 6 nitrogen and oxygen atoms in total. The van der Waals surface area contributed by atoms with Crippen LogP contribution in [-0.4, -0.2) is 29.3 Å². The SMILES string of the molecule is CC1(c2ccc3c(c2)CCC3)NC(=O)N(CC(=O)Nc2ccc(Cl)cc2)C1=O. The van der Waals surface area contributed by atoms with E-state index >= 15 is 0 Å². The summed E-state index contributed by atoms with van der Waals surface area (Å²) in [6, 6.07) is 11.9. The molecule has 7 heteroatoms. The predicted molar refractivity (Wildman–Crippen MR) is 106 cm³/mol. The zero-order valence-corrected chi connectivity index (χ0v) is 16.2. The van der Waals surface area contributed by atoms with Gasteiger partial charge in [0.15, 0.2) is 0 Å². The number of imide groups is 1. The van der Waals surface area contributed by atoms with Crippen molar-refractivity contribution in [1.82, 2.24) is 10.2 Å². The molecule has 1 aliphatic carbocycles. The van der Waals surface area contributed by atoms with Crippen molar-refractivity contribution in [2.24, 2.45) is 0 Å². The molecule has 1 unspecified atom stereocenters. The summed E-state index contributed by atoms with van der Waals surface area (Å²) in [6.07, 6.45) is 3.13. The zero-order chi connectivity index (χ0) is 19.9. The van der Waals surface area contributed by atoms with Crippen LogP contribution in [0.25, 0.3) is 0 Å². The van der Waals surface area contributed by atoms with E-state index in [1.807, 2.05) is 18.2 Å². The summed E-state index contributed by atoms with van der Waals surface area (Å²) in [5, 5.41) is 5.97. The highest BCUT2D eigenvalue weighted by molar-refractivity contribution is 6.30. The smallest absolute Gasteiger partial charge is 0.325 e. The molecule has 0 saturated carbocycles. The Balaban J connectivity index is 1.50. The van der Waals surface area contributed by atoms with Crippen LogP contribution < -0.4 is 10.6 Å². The minimum atomic E-state index is -1.17. The van der Waals surface area contributed by atoms with E-state index in [1.54, 1.807) is 31.2 Å². The molecule has 2 aromatic rings. The molecular formula is C21H20ClN3O3. The van der Waals surface area contributed by atoms with Crippen molar-refractivity contribution >= 4 is 35.1 Å². The molecule has 0 aromatic heterocycles. The van der Waals surface area contributed by atoms with Gasteiger partial charge in [0, 0.05) is 10.7 Å². The van der Waals surface area contributed by atoms with E-state index in [2.05, 4.69) is 10.6 Å². The summed E-state index contributed by atoms with van der Waals surface area (Å²) < 4.78 is 0. The first-order valence-electron chi connectivity index (χ1n) is 9.18.